The molecule has 0 aliphatic carbocycles. The quantitative estimate of drug-likeness (QED) is 0.470. The first-order valence-corrected chi connectivity index (χ1v) is 6.12. The van der Waals surface area contributed by atoms with Crippen molar-refractivity contribution in [1.29, 1.82) is 0 Å². The number of hydrogen-bond donors (Lipinski definition) is 0. The summed E-state index contributed by atoms with van der Waals surface area (Å²) in [5, 5.41) is 1.12. The largest absolute Gasteiger partial charge is 0.255 e. The summed E-state index contributed by atoms with van der Waals surface area (Å²) in [7, 11) is 0. The van der Waals surface area contributed by atoms with E-state index in [1.807, 2.05) is 24.4 Å². The fourth-order valence-electron chi connectivity index (χ4n) is 2.01. The van der Waals surface area contributed by atoms with Crippen LogP contribution in [0.2, 0.25) is 0 Å². The van der Waals surface area contributed by atoms with Crippen molar-refractivity contribution in [1.82, 2.24) is 15.0 Å². The first-order valence-electron chi connectivity index (χ1n) is 5.31. The maximum atomic E-state index is 4.67. The van der Waals surface area contributed by atoms with Gasteiger partial charge < -0.3 is 0 Å². The summed E-state index contributed by atoms with van der Waals surface area (Å²) < 4.78 is 1.14. The lowest BCUT2D eigenvalue weighted by atomic mass is 10.2. The second-order valence-electron chi connectivity index (χ2n) is 3.83. The van der Waals surface area contributed by atoms with E-state index in [4.69, 9.17) is 0 Å². The van der Waals surface area contributed by atoms with Crippen LogP contribution in [0.1, 0.15) is 0 Å². The van der Waals surface area contributed by atoms with Crippen LogP contribution in [0.25, 0.3) is 31.5 Å². The minimum absolute atomic E-state index is 0.934. The molecule has 0 saturated carbocycles. The predicted octanol–water partition coefficient (Wildman–Crippen LogP) is 3.39. The maximum absolute atomic E-state index is 4.67. The molecule has 0 saturated heterocycles. The summed E-state index contributed by atoms with van der Waals surface area (Å²) in [4.78, 5) is 14.4. The minimum atomic E-state index is 0.934. The molecule has 4 rings (SSSR count). The van der Waals surface area contributed by atoms with E-state index in [0.29, 0.717) is 0 Å². The van der Waals surface area contributed by atoms with Crippen LogP contribution in [0, 0.1) is 0 Å². The molecule has 80 valence electrons. The van der Waals surface area contributed by atoms with Crippen LogP contribution < -0.4 is 0 Å². The molecule has 0 unspecified atom stereocenters. The topological polar surface area (TPSA) is 38.7 Å². The fourth-order valence-corrected chi connectivity index (χ4v) is 3.03. The van der Waals surface area contributed by atoms with Gasteiger partial charge in [-0.25, -0.2) is 9.97 Å². The molecule has 17 heavy (non-hydrogen) atoms. The second-order valence-corrected chi connectivity index (χ2v) is 4.87. The zero-order valence-electron chi connectivity index (χ0n) is 8.79. The van der Waals surface area contributed by atoms with E-state index in [9.17, 15) is 0 Å². The Bertz CT molecular complexity index is 845. The average Bonchev–Trinajstić information content (AvgIpc) is 2.73. The van der Waals surface area contributed by atoms with Gasteiger partial charge >= 0.3 is 0 Å². The summed E-state index contributed by atoms with van der Waals surface area (Å²) >= 11 is 1.66. The highest BCUT2D eigenvalue weighted by molar-refractivity contribution is 7.25. The molecule has 0 fully saturated rings. The molecule has 0 bridgehead atoms. The van der Waals surface area contributed by atoms with Crippen molar-refractivity contribution >= 4 is 42.8 Å². The van der Waals surface area contributed by atoms with Crippen molar-refractivity contribution in [2.24, 2.45) is 0 Å². The third-order valence-electron chi connectivity index (χ3n) is 2.78. The van der Waals surface area contributed by atoms with Crippen molar-refractivity contribution in [3.05, 3.63) is 42.7 Å². The van der Waals surface area contributed by atoms with Crippen LogP contribution in [0.5, 0.6) is 0 Å². The Morgan fingerprint density at radius 3 is 2.82 bits per heavy atom. The third-order valence-corrected chi connectivity index (χ3v) is 3.83. The highest BCUT2D eigenvalue weighted by Gasteiger charge is 2.08. The SMILES string of the molecule is c1cnc2cc3sc4ncccc4c3nc2c1. The van der Waals surface area contributed by atoms with E-state index >= 15 is 0 Å². The number of hydrogen-bond acceptors (Lipinski definition) is 4. The van der Waals surface area contributed by atoms with E-state index < -0.39 is 0 Å². The van der Waals surface area contributed by atoms with Crippen LogP contribution in [-0.4, -0.2) is 15.0 Å². The van der Waals surface area contributed by atoms with Crippen molar-refractivity contribution in [3.63, 3.8) is 0 Å². The smallest absolute Gasteiger partial charge is 0.126 e. The normalized spacial score (nSPS) is 11.5. The molecule has 3 nitrogen and oxygen atoms in total. The molecular weight excluding hydrogens is 230 g/mol. The van der Waals surface area contributed by atoms with Crippen LogP contribution in [0.3, 0.4) is 0 Å². The number of rotatable bonds is 0. The summed E-state index contributed by atoms with van der Waals surface area (Å²) in [6.45, 7) is 0. The number of aromatic nitrogens is 3. The molecule has 4 aromatic rings. The Kier molecular flexibility index (Phi) is 1.70. The van der Waals surface area contributed by atoms with Crippen molar-refractivity contribution in [2.45, 2.75) is 0 Å². The molecule has 4 heterocycles. The van der Waals surface area contributed by atoms with Gasteiger partial charge in [0.15, 0.2) is 0 Å². The monoisotopic (exact) mass is 237 g/mol. The van der Waals surface area contributed by atoms with Crippen LogP contribution in [-0.2, 0) is 0 Å². The van der Waals surface area contributed by atoms with Gasteiger partial charge in [-0.1, -0.05) is 0 Å². The van der Waals surface area contributed by atoms with E-state index in [0.717, 1.165) is 31.5 Å². The zero-order chi connectivity index (χ0) is 11.2. The van der Waals surface area contributed by atoms with Gasteiger partial charge in [0.05, 0.1) is 21.3 Å². The molecule has 0 radical (unpaired) electrons. The Hall–Kier alpha value is -2.07. The standard InChI is InChI=1S/C13H7N3S/c1-3-8-12-11(17-13(8)15-6-1)7-10-9(16-12)4-2-5-14-10/h1-7H. The lowest BCUT2D eigenvalue weighted by Crippen LogP contribution is -1.81. The van der Waals surface area contributed by atoms with Crippen LogP contribution >= 0.6 is 11.3 Å². The maximum Gasteiger partial charge on any atom is 0.126 e. The molecule has 0 aromatic carbocycles. The predicted molar refractivity (Wildman–Crippen MR) is 70.2 cm³/mol. The first kappa shape index (κ1) is 9.01. The van der Waals surface area contributed by atoms with Gasteiger partial charge in [-0.05, 0) is 30.3 Å². The molecule has 0 aliphatic rings. The van der Waals surface area contributed by atoms with Crippen LogP contribution in [0.4, 0.5) is 0 Å². The molecule has 0 spiro atoms. The molecular formula is C13H7N3S. The fraction of sp³-hybridized carbons (Fsp3) is 0. The van der Waals surface area contributed by atoms with Crippen molar-refractivity contribution in [3.8, 4) is 0 Å². The van der Waals surface area contributed by atoms with Gasteiger partial charge in [-0.15, -0.1) is 11.3 Å². The zero-order valence-corrected chi connectivity index (χ0v) is 9.61. The minimum Gasteiger partial charge on any atom is -0.255 e. The van der Waals surface area contributed by atoms with E-state index in [1.54, 1.807) is 17.5 Å². The number of nitrogens with zero attached hydrogens (tertiary/aromatic N) is 3. The van der Waals surface area contributed by atoms with E-state index in [2.05, 4.69) is 27.1 Å². The summed E-state index contributed by atoms with van der Waals surface area (Å²) in [6, 6.07) is 10.00. The Morgan fingerprint density at radius 2 is 1.82 bits per heavy atom. The summed E-state index contributed by atoms with van der Waals surface area (Å²) in [5.41, 5.74) is 2.90. The van der Waals surface area contributed by atoms with Crippen molar-refractivity contribution < 1.29 is 0 Å². The lowest BCUT2D eigenvalue weighted by molar-refractivity contribution is 1.38. The number of pyridine rings is 3. The van der Waals surface area contributed by atoms with Gasteiger partial charge in [-0.3, -0.25) is 4.98 Å². The summed E-state index contributed by atoms with van der Waals surface area (Å²) in [5.74, 6) is 0. The van der Waals surface area contributed by atoms with Gasteiger partial charge in [0.25, 0.3) is 0 Å². The molecule has 0 N–H and O–H groups in total. The third kappa shape index (κ3) is 1.24. The Morgan fingerprint density at radius 1 is 0.941 bits per heavy atom. The highest BCUT2D eigenvalue weighted by atomic mass is 32.1. The highest BCUT2D eigenvalue weighted by Crippen LogP contribution is 2.32. The molecule has 4 aromatic heterocycles. The van der Waals surface area contributed by atoms with Gasteiger partial charge in [0.1, 0.15) is 4.83 Å². The Labute approximate surface area is 101 Å². The summed E-state index contributed by atoms with van der Waals surface area (Å²) in [6.07, 6.45) is 3.61. The van der Waals surface area contributed by atoms with Gasteiger partial charge in [0.2, 0.25) is 0 Å². The van der Waals surface area contributed by atoms with Crippen molar-refractivity contribution in [2.75, 3.05) is 0 Å². The molecule has 0 amide bonds. The lowest BCUT2D eigenvalue weighted by Gasteiger charge is -1.95. The molecule has 4 heteroatoms. The number of fused-ring (bicyclic) bond motifs is 4. The number of thiophene rings is 1. The molecule has 0 aliphatic heterocycles. The first-order chi connectivity index (χ1) is 8.42. The van der Waals surface area contributed by atoms with Crippen LogP contribution in [0.15, 0.2) is 42.7 Å². The van der Waals surface area contributed by atoms with Gasteiger partial charge in [0, 0.05) is 17.8 Å². The van der Waals surface area contributed by atoms with E-state index in [-0.39, 0.29) is 0 Å². The average molecular weight is 237 g/mol. The van der Waals surface area contributed by atoms with E-state index in [1.165, 1.54) is 0 Å². The van der Waals surface area contributed by atoms with Gasteiger partial charge in [-0.2, -0.15) is 0 Å². The second kappa shape index (κ2) is 3.21. The molecule has 0 atom stereocenters. The Balaban J connectivity index is 2.28.